The molecule has 2 aliphatic rings. The zero-order chi connectivity index (χ0) is 17.6. The molecule has 0 radical (unpaired) electrons. The first-order valence-corrected chi connectivity index (χ1v) is 9.71. The predicted molar refractivity (Wildman–Crippen MR) is 97.1 cm³/mol. The van der Waals surface area contributed by atoms with Gasteiger partial charge in [-0.25, -0.2) is 0 Å². The SMILES string of the molecule is CN1CCC[C@@H](CNC(=O)COC2CCCCC2)[C@@H]1c1ccnn1C. The maximum absolute atomic E-state index is 12.2. The van der Waals surface area contributed by atoms with Gasteiger partial charge < -0.3 is 10.1 Å². The van der Waals surface area contributed by atoms with Gasteiger partial charge in [-0.2, -0.15) is 5.10 Å². The number of carbonyl (C=O) groups is 1. The number of aromatic nitrogens is 2. The van der Waals surface area contributed by atoms with Gasteiger partial charge in [-0.05, 0) is 51.3 Å². The maximum Gasteiger partial charge on any atom is 0.246 e. The van der Waals surface area contributed by atoms with Crippen molar-refractivity contribution in [1.82, 2.24) is 20.0 Å². The smallest absolute Gasteiger partial charge is 0.246 e. The molecule has 140 valence electrons. The van der Waals surface area contributed by atoms with Gasteiger partial charge >= 0.3 is 0 Å². The Morgan fingerprint density at radius 1 is 1.24 bits per heavy atom. The molecule has 1 amide bonds. The molecule has 1 aromatic rings. The molecule has 1 saturated carbocycles. The van der Waals surface area contributed by atoms with Crippen LogP contribution < -0.4 is 5.32 Å². The molecule has 3 rings (SSSR count). The Morgan fingerprint density at radius 2 is 2.04 bits per heavy atom. The number of piperidine rings is 1. The van der Waals surface area contributed by atoms with Crippen molar-refractivity contribution in [3.8, 4) is 0 Å². The predicted octanol–water partition coefficient (Wildman–Crippen LogP) is 2.27. The van der Waals surface area contributed by atoms with Gasteiger partial charge in [0, 0.05) is 19.8 Å². The molecular weight excluding hydrogens is 316 g/mol. The van der Waals surface area contributed by atoms with Crippen LogP contribution in [0.1, 0.15) is 56.7 Å². The van der Waals surface area contributed by atoms with Gasteiger partial charge in [-0.3, -0.25) is 14.4 Å². The van der Waals surface area contributed by atoms with Crippen LogP contribution in [0.5, 0.6) is 0 Å². The zero-order valence-corrected chi connectivity index (χ0v) is 15.6. The Balaban J connectivity index is 1.50. The van der Waals surface area contributed by atoms with Crippen LogP contribution in [-0.4, -0.2) is 53.4 Å². The molecule has 25 heavy (non-hydrogen) atoms. The van der Waals surface area contributed by atoms with Gasteiger partial charge in [0.2, 0.25) is 5.91 Å². The minimum Gasteiger partial charge on any atom is -0.368 e. The van der Waals surface area contributed by atoms with Gasteiger partial charge in [-0.1, -0.05) is 19.3 Å². The third-order valence-electron chi connectivity index (χ3n) is 5.73. The number of amides is 1. The number of nitrogens with zero attached hydrogens (tertiary/aromatic N) is 3. The molecule has 6 heteroatoms. The van der Waals surface area contributed by atoms with Crippen molar-refractivity contribution in [3.63, 3.8) is 0 Å². The van der Waals surface area contributed by atoms with Crippen LogP contribution in [0.4, 0.5) is 0 Å². The third kappa shape index (κ3) is 4.82. The fraction of sp³-hybridized carbons (Fsp3) is 0.789. The minimum atomic E-state index is 0.0163. The lowest BCUT2D eigenvalue weighted by molar-refractivity contribution is -0.128. The van der Waals surface area contributed by atoms with Crippen LogP contribution >= 0.6 is 0 Å². The Bertz CT molecular complexity index is 553. The molecule has 1 aliphatic carbocycles. The Labute approximate surface area is 150 Å². The van der Waals surface area contributed by atoms with Gasteiger partial charge in [0.15, 0.2) is 0 Å². The van der Waals surface area contributed by atoms with Crippen LogP contribution in [0.2, 0.25) is 0 Å². The molecule has 1 saturated heterocycles. The van der Waals surface area contributed by atoms with E-state index in [2.05, 4.69) is 28.4 Å². The Kier molecular flexibility index (Phi) is 6.48. The lowest BCUT2D eigenvalue weighted by Crippen LogP contribution is -2.43. The summed E-state index contributed by atoms with van der Waals surface area (Å²) in [6.07, 6.45) is 10.4. The van der Waals surface area contributed by atoms with Gasteiger partial charge in [-0.15, -0.1) is 0 Å². The van der Waals surface area contributed by atoms with E-state index in [0.29, 0.717) is 18.5 Å². The molecule has 0 aromatic carbocycles. The van der Waals surface area contributed by atoms with E-state index in [1.165, 1.54) is 31.4 Å². The maximum atomic E-state index is 12.2. The molecule has 1 aliphatic heterocycles. The minimum absolute atomic E-state index is 0.0163. The Hall–Kier alpha value is -1.40. The molecule has 2 heterocycles. The van der Waals surface area contributed by atoms with Crippen LogP contribution in [0, 0.1) is 5.92 Å². The summed E-state index contributed by atoms with van der Waals surface area (Å²) in [6, 6.07) is 2.40. The van der Waals surface area contributed by atoms with Crippen molar-refractivity contribution >= 4 is 5.91 Å². The molecule has 0 unspecified atom stereocenters. The van der Waals surface area contributed by atoms with Crippen molar-refractivity contribution < 1.29 is 9.53 Å². The van der Waals surface area contributed by atoms with E-state index in [-0.39, 0.29) is 18.6 Å². The number of carbonyl (C=O) groups excluding carboxylic acids is 1. The van der Waals surface area contributed by atoms with E-state index in [0.717, 1.165) is 25.8 Å². The van der Waals surface area contributed by atoms with Crippen molar-refractivity contribution in [2.45, 2.75) is 57.1 Å². The van der Waals surface area contributed by atoms with Crippen LogP contribution in [0.3, 0.4) is 0 Å². The van der Waals surface area contributed by atoms with Crippen LogP contribution in [0.25, 0.3) is 0 Å². The number of hydrogen-bond donors (Lipinski definition) is 1. The molecular formula is C19H32N4O2. The summed E-state index contributed by atoms with van der Waals surface area (Å²) in [5, 5.41) is 7.42. The highest BCUT2D eigenvalue weighted by Crippen LogP contribution is 2.34. The summed E-state index contributed by atoms with van der Waals surface area (Å²) in [5.74, 6) is 0.426. The summed E-state index contributed by atoms with van der Waals surface area (Å²) in [7, 11) is 4.16. The van der Waals surface area contributed by atoms with E-state index in [1.807, 2.05) is 17.9 Å². The second-order valence-corrected chi connectivity index (χ2v) is 7.58. The standard InChI is InChI=1S/C19H32N4O2/c1-22-12-6-7-15(19(22)17-10-11-21-23(17)2)13-20-18(24)14-25-16-8-4-3-5-9-16/h10-11,15-16,19H,3-9,12-14H2,1-2H3,(H,20,24)/t15-,19+/m0/s1. The first kappa shape index (κ1) is 18.4. The van der Waals surface area contributed by atoms with E-state index >= 15 is 0 Å². The van der Waals surface area contributed by atoms with Crippen molar-refractivity contribution in [1.29, 1.82) is 0 Å². The zero-order valence-electron chi connectivity index (χ0n) is 15.6. The second-order valence-electron chi connectivity index (χ2n) is 7.58. The highest BCUT2D eigenvalue weighted by atomic mass is 16.5. The van der Waals surface area contributed by atoms with Crippen LogP contribution in [-0.2, 0) is 16.6 Å². The first-order chi connectivity index (χ1) is 12.1. The molecule has 1 aromatic heterocycles. The topological polar surface area (TPSA) is 59.4 Å². The first-order valence-electron chi connectivity index (χ1n) is 9.71. The molecule has 2 atom stereocenters. The average Bonchev–Trinajstić information content (AvgIpc) is 3.04. The third-order valence-corrected chi connectivity index (χ3v) is 5.73. The number of rotatable bonds is 6. The number of ether oxygens (including phenoxy) is 1. The lowest BCUT2D eigenvalue weighted by Gasteiger charge is -2.39. The fourth-order valence-corrected chi connectivity index (χ4v) is 4.34. The highest BCUT2D eigenvalue weighted by Gasteiger charge is 2.32. The Morgan fingerprint density at radius 3 is 2.76 bits per heavy atom. The van der Waals surface area contributed by atoms with E-state index in [4.69, 9.17) is 4.74 Å². The monoisotopic (exact) mass is 348 g/mol. The van der Waals surface area contributed by atoms with Gasteiger partial charge in [0.25, 0.3) is 0 Å². The van der Waals surface area contributed by atoms with Crippen molar-refractivity contribution in [2.24, 2.45) is 13.0 Å². The van der Waals surface area contributed by atoms with Gasteiger partial charge in [0.1, 0.15) is 6.61 Å². The normalized spacial score (nSPS) is 25.8. The molecule has 2 fully saturated rings. The van der Waals surface area contributed by atoms with Crippen LogP contribution in [0.15, 0.2) is 12.3 Å². The second kappa shape index (κ2) is 8.81. The summed E-state index contributed by atoms with van der Waals surface area (Å²) >= 11 is 0. The summed E-state index contributed by atoms with van der Waals surface area (Å²) in [5.41, 5.74) is 1.22. The van der Waals surface area contributed by atoms with Crippen molar-refractivity contribution in [2.75, 3.05) is 26.7 Å². The van der Waals surface area contributed by atoms with Crippen molar-refractivity contribution in [3.05, 3.63) is 18.0 Å². The van der Waals surface area contributed by atoms with Gasteiger partial charge in [0.05, 0.1) is 17.8 Å². The number of aryl methyl sites for hydroxylation is 1. The summed E-state index contributed by atoms with van der Waals surface area (Å²) in [4.78, 5) is 14.6. The molecule has 1 N–H and O–H groups in total. The van der Waals surface area contributed by atoms with E-state index in [9.17, 15) is 4.79 Å². The number of nitrogens with one attached hydrogen (secondary N) is 1. The summed E-state index contributed by atoms with van der Waals surface area (Å²) in [6.45, 7) is 1.99. The molecule has 6 nitrogen and oxygen atoms in total. The highest BCUT2D eigenvalue weighted by molar-refractivity contribution is 5.77. The summed E-state index contributed by atoms with van der Waals surface area (Å²) < 4.78 is 7.74. The molecule has 0 bridgehead atoms. The number of likely N-dealkylation sites (tertiary alicyclic amines) is 1. The lowest BCUT2D eigenvalue weighted by atomic mass is 9.87. The fourth-order valence-electron chi connectivity index (χ4n) is 4.34. The molecule has 0 spiro atoms. The largest absolute Gasteiger partial charge is 0.368 e. The average molecular weight is 348 g/mol. The van der Waals surface area contributed by atoms with E-state index in [1.54, 1.807) is 0 Å². The number of hydrogen-bond acceptors (Lipinski definition) is 4. The van der Waals surface area contributed by atoms with E-state index < -0.39 is 0 Å². The quantitative estimate of drug-likeness (QED) is 0.857.